The number of benzene rings is 2. The van der Waals surface area contributed by atoms with Gasteiger partial charge in [0.1, 0.15) is 11.2 Å². The summed E-state index contributed by atoms with van der Waals surface area (Å²) < 4.78 is 3.28. The summed E-state index contributed by atoms with van der Waals surface area (Å²) in [5, 5.41) is 9.64. The Morgan fingerprint density at radius 3 is 2.58 bits per heavy atom. The molecular formula is C19H19N4S+. The van der Waals surface area contributed by atoms with Crippen molar-refractivity contribution in [1.82, 2.24) is 0 Å². The molecule has 0 N–H and O–H groups in total. The summed E-state index contributed by atoms with van der Waals surface area (Å²) in [7, 11) is 2.01. The molecule has 0 fully saturated rings. The first-order valence-electron chi connectivity index (χ1n) is 7.77. The average molecular weight is 335 g/mol. The maximum absolute atomic E-state index is 5.48. The molecule has 0 aliphatic heterocycles. The van der Waals surface area contributed by atoms with E-state index in [0.29, 0.717) is 0 Å². The van der Waals surface area contributed by atoms with Crippen molar-refractivity contribution in [2.45, 2.75) is 13.8 Å². The van der Waals surface area contributed by atoms with E-state index >= 15 is 0 Å². The fourth-order valence-electron chi connectivity index (χ4n) is 2.49. The number of hydrogen-bond donors (Lipinski definition) is 0. The maximum atomic E-state index is 5.48. The van der Waals surface area contributed by atoms with Crippen LogP contribution in [0, 0.1) is 19.4 Å². The number of nitrogens with zero attached hydrogens (tertiary/aromatic N) is 4. The summed E-state index contributed by atoms with van der Waals surface area (Å²) in [6, 6.07) is 16.8. The van der Waals surface area contributed by atoms with Crippen LogP contribution in [0.25, 0.3) is 10.2 Å². The van der Waals surface area contributed by atoms with Crippen LogP contribution in [0.2, 0.25) is 0 Å². The zero-order valence-electron chi connectivity index (χ0n) is 14.0. The van der Waals surface area contributed by atoms with Crippen molar-refractivity contribution >= 4 is 38.1 Å². The Labute approximate surface area is 146 Å². The number of rotatable bonds is 4. The lowest BCUT2D eigenvalue weighted by Gasteiger charge is -2.14. The number of fused-ring (bicyclic) bond motifs is 1. The van der Waals surface area contributed by atoms with Crippen LogP contribution >= 0.6 is 11.3 Å². The van der Waals surface area contributed by atoms with E-state index in [2.05, 4.69) is 46.0 Å². The number of anilines is 1. The Balaban J connectivity index is 1.86. The number of terminal acetylenes is 1. The van der Waals surface area contributed by atoms with Crippen LogP contribution in [0.3, 0.4) is 0 Å². The lowest BCUT2D eigenvalue weighted by molar-refractivity contribution is -0.627. The van der Waals surface area contributed by atoms with Gasteiger partial charge in [-0.25, -0.2) is 4.57 Å². The normalized spacial score (nSPS) is 11.1. The first-order valence-corrected chi connectivity index (χ1v) is 8.59. The highest BCUT2D eigenvalue weighted by Crippen LogP contribution is 2.28. The van der Waals surface area contributed by atoms with Gasteiger partial charge in [-0.1, -0.05) is 12.5 Å². The molecule has 0 atom stereocenters. The standard InChI is InChI=1S/C19H19N4S/c1-5-23(6-2)16-10-8-15(9-11-16)20-21-19-22(4)17-12-7-14(3)13-18(17)24-19/h1,7-13H,6H2,2-4H3/q+1. The summed E-state index contributed by atoms with van der Waals surface area (Å²) in [5.41, 5.74) is 4.21. The summed E-state index contributed by atoms with van der Waals surface area (Å²) in [6.07, 6.45) is 5.48. The zero-order chi connectivity index (χ0) is 17.1. The molecule has 1 aromatic heterocycles. The van der Waals surface area contributed by atoms with Gasteiger partial charge in [0, 0.05) is 18.3 Å². The second-order valence-electron chi connectivity index (χ2n) is 5.50. The SMILES string of the molecule is C#CN(CC)c1ccc(/N=N/c2sc3cc(C)ccc3[n+]2C)cc1. The van der Waals surface area contributed by atoms with Crippen molar-refractivity contribution in [3.05, 3.63) is 48.0 Å². The topological polar surface area (TPSA) is 31.8 Å². The molecule has 120 valence electrons. The number of hydrogen-bond acceptors (Lipinski definition) is 4. The van der Waals surface area contributed by atoms with Gasteiger partial charge in [0.25, 0.3) is 0 Å². The predicted molar refractivity (Wildman–Crippen MR) is 100 cm³/mol. The Morgan fingerprint density at radius 2 is 1.92 bits per heavy atom. The lowest BCUT2D eigenvalue weighted by atomic mass is 10.2. The fraction of sp³-hybridized carbons (Fsp3) is 0.211. The van der Waals surface area contributed by atoms with Crippen molar-refractivity contribution in [2.24, 2.45) is 17.3 Å². The number of thiazole rings is 1. The van der Waals surface area contributed by atoms with E-state index in [1.807, 2.05) is 43.1 Å². The minimum Gasteiger partial charge on any atom is -0.302 e. The average Bonchev–Trinajstić information content (AvgIpc) is 2.90. The zero-order valence-corrected chi connectivity index (χ0v) is 14.8. The van der Waals surface area contributed by atoms with Gasteiger partial charge in [-0.15, -0.1) is 0 Å². The van der Waals surface area contributed by atoms with E-state index in [-0.39, 0.29) is 0 Å². The third kappa shape index (κ3) is 3.15. The molecule has 0 bridgehead atoms. The first-order chi connectivity index (χ1) is 11.6. The van der Waals surface area contributed by atoms with Crippen molar-refractivity contribution in [1.29, 1.82) is 0 Å². The molecule has 0 radical (unpaired) electrons. The molecule has 5 heteroatoms. The molecule has 2 aromatic carbocycles. The Kier molecular flexibility index (Phi) is 4.59. The van der Waals surface area contributed by atoms with Gasteiger partial charge >= 0.3 is 5.13 Å². The molecule has 0 spiro atoms. The monoisotopic (exact) mass is 335 g/mol. The molecule has 1 heterocycles. The van der Waals surface area contributed by atoms with Crippen molar-refractivity contribution in [3.8, 4) is 12.5 Å². The third-order valence-corrected chi connectivity index (χ3v) is 4.93. The van der Waals surface area contributed by atoms with E-state index < -0.39 is 0 Å². The minimum absolute atomic E-state index is 0.772. The third-order valence-electron chi connectivity index (χ3n) is 3.85. The highest BCUT2D eigenvalue weighted by Gasteiger charge is 2.15. The van der Waals surface area contributed by atoms with Crippen LogP contribution in [0.4, 0.5) is 16.5 Å². The molecule has 0 saturated heterocycles. The number of aryl methyl sites for hydroxylation is 2. The van der Waals surface area contributed by atoms with Crippen molar-refractivity contribution < 1.29 is 4.57 Å². The van der Waals surface area contributed by atoms with Crippen molar-refractivity contribution in [2.75, 3.05) is 11.4 Å². The summed E-state index contributed by atoms with van der Waals surface area (Å²) in [5.74, 6) is 0. The number of aromatic nitrogens is 1. The molecule has 3 aromatic rings. The van der Waals surface area contributed by atoms with Gasteiger partial charge < -0.3 is 4.90 Å². The summed E-state index contributed by atoms with van der Waals surface area (Å²) in [4.78, 5) is 1.84. The van der Waals surface area contributed by atoms with Gasteiger partial charge in [-0.3, -0.25) is 0 Å². The molecule has 0 aliphatic rings. The molecule has 0 unspecified atom stereocenters. The quantitative estimate of drug-likeness (QED) is 0.290. The highest BCUT2D eigenvalue weighted by molar-refractivity contribution is 7.21. The molecule has 0 amide bonds. The largest absolute Gasteiger partial charge is 0.409 e. The fourth-order valence-corrected chi connectivity index (χ4v) is 3.55. The van der Waals surface area contributed by atoms with Gasteiger partial charge in [0.15, 0.2) is 0 Å². The lowest BCUT2D eigenvalue weighted by Crippen LogP contribution is -2.25. The smallest absolute Gasteiger partial charge is 0.302 e. The summed E-state index contributed by atoms with van der Waals surface area (Å²) in [6.45, 7) is 4.89. The van der Waals surface area contributed by atoms with Gasteiger partial charge in [-0.05, 0) is 72.3 Å². The van der Waals surface area contributed by atoms with Gasteiger partial charge in [0.05, 0.1) is 16.9 Å². The van der Waals surface area contributed by atoms with E-state index in [4.69, 9.17) is 6.42 Å². The Bertz CT molecular complexity index is 932. The number of azo groups is 1. The van der Waals surface area contributed by atoms with Gasteiger partial charge in [-0.2, -0.15) is 0 Å². The minimum atomic E-state index is 0.772. The predicted octanol–water partition coefficient (Wildman–Crippen LogP) is 4.87. The molecular weight excluding hydrogens is 316 g/mol. The molecule has 0 saturated carbocycles. The van der Waals surface area contributed by atoms with E-state index in [1.54, 1.807) is 11.3 Å². The molecule has 24 heavy (non-hydrogen) atoms. The van der Waals surface area contributed by atoms with Crippen molar-refractivity contribution in [3.63, 3.8) is 0 Å². The van der Waals surface area contributed by atoms with Crippen LogP contribution in [-0.4, -0.2) is 6.54 Å². The Morgan fingerprint density at radius 1 is 1.17 bits per heavy atom. The van der Waals surface area contributed by atoms with E-state index in [0.717, 1.165) is 23.1 Å². The Hall–Kier alpha value is -2.71. The second kappa shape index (κ2) is 6.81. The van der Waals surface area contributed by atoms with Crippen LogP contribution in [-0.2, 0) is 7.05 Å². The molecule has 3 rings (SSSR count). The second-order valence-corrected chi connectivity index (χ2v) is 6.51. The van der Waals surface area contributed by atoms with Crippen LogP contribution < -0.4 is 9.47 Å². The van der Waals surface area contributed by atoms with E-state index in [9.17, 15) is 0 Å². The van der Waals surface area contributed by atoms with Crippen LogP contribution in [0.1, 0.15) is 12.5 Å². The first kappa shape index (κ1) is 16.2. The van der Waals surface area contributed by atoms with Crippen LogP contribution in [0.5, 0.6) is 0 Å². The van der Waals surface area contributed by atoms with Gasteiger partial charge in [0.2, 0.25) is 0 Å². The summed E-state index contributed by atoms with van der Waals surface area (Å²) >= 11 is 1.64. The molecule has 4 nitrogen and oxygen atoms in total. The maximum Gasteiger partial charge on any atom is 0.409 e. The van der Waals surface area contributed by atoms with Crippen LogP contribution in [0.15, 0.2) is 52.7 Å². The molecule has 0 aliphatic carbocycles. The van der Waals surface area contributed by atoms with E-state index in [1.165, 1.54) is 15.8 Å². The highest BCUT2D eigenvalue weighted by atomic mass is 32.1.